The van der Waals surface area contributed by atoms with Gasteiger partial charge in [-0.25, -0.2) is 4.98 Å². The Morgan fingerprint density at radius 2 is 2.24 bits per heavy atom. The van der Waals surface area contributed by atoms with Gasteiger partial charge in [0.2, 0.25) is 5.88 Å². The second-order valence-electron chi connectivity index (χ2n) is 5.21. The van der Waals surface area contributed by atoms with Gasteiger partial charge in [-0.2, -0.15) is 0 Å². The molecule has 1 N–H and O–H groups in total. The third-order valence-electron chi connectivity index (χ3n) is 3.81. The van der Waals surface area contributed by atoms with Crippen LogP contribution in [0.2, 0.25) is 0 Å². The molecule has 4 nitrogen and oxygen atoms in total. The maximum absolute atomic E-state index is 5.70. The zero-order valence-corrected chi connectivity index (χ0v) is 12.2. The molecule has 0 saturated heterocycles. The lowest BCUT2D eigenvalue weighted by molar-refractivity contribution is 0.264. The van der Waals surface area contributed by atoms with Crippen molar-refractivity contribution in [2.24, 2.45) is 0 Å². The highest BCUT2D eigenvalue weighted by Gasteiger charge is 2.20. The molecule has 3 rings (SSSR count). The predicted molar refractivity (Wildman–Crippen MR) is 81.8 cm³/mol. The molecule has 110 valence electrons. The number of nitrogens with one attached hydrogen (secondary N) is 1. The van der Waals surface area contributed by atoms with Crippen molar-refractivity contribution in [1.82, 2.24) is 10.3 Å². The Morgan fingerprint density at radius 3 is 3.14 bits per heavy atom. The van der Waals surface area contributed by atoms with Crippen molar-refractivity contribution in [1.29, 1.82) is 0 Å². The van der Waals surface area contributed by atoms with Crippen molar-refractivity contribution < 1.29 is 9.47 Å². The number of methoxy groups -OCH3 is 1. The van der Waals surface area contributed by atoms with Crippen LogP contribution < -0.4 is 14.8 Å². The average Bonchev–Trinajstić information content (AvgIpc) is 2.55. The fourth-order valence-corrected chi connectivity index (χ4v) is 2.69. The number of ether oxygens (including phenoxy) is 2. The second kappa shape index (κ2) is 6.59. The molecule has 1 aliphatic rings. The lowest BCUT2D eigenvalue weighted by Gasteiger charge is -2.26. The van der Waals surface area contributed by atoms with E-state index in [0.717, 1.165) is 31.9 Å². The largest absolute Gasteiger partial charge is 0.493 e. The van der Waals surface area contributed by atoms with Crippen molar-refractivity contribution >= 4 is 0 Å². The molecule has 0 saturated carbocycles. The normalized spacial score (nSPS) is 16.9. The van der Waals surface area contributed by atoms with E-state index in [4.69, 9.17) is 9.47 Å². The molecule has 0 aliphatic carbocycles. The van der Waals surface area contributed by atoms with E-state index >= 15 is 0 Å². The Kier molecular flexibility index (Phi) is 4.36. The summed E-state index contributed by atoms with van der Waals surface area (Å²) in [4.78, 5) is 4.12. The van der Waals surface area contributed by atoms with Gasteiger partial charge >= 0.3 is 0 Å². The number of benzene rings is 1. The molecule has 0 spiro atoms. The quantitative estimate of drug-likeness (QED) is 0.917. The molecule has 2 heterocycles. The summed E-state index contributed by atoms with van der Waals surface area (Å²) in [6.07, 6.45) is 2.84. The molecule has 1 unspecified atom stereocenters. The summed E-state index contributed by atoms with van der Waals surface area (Å²) in [7, 11) is 1.64. The topological polar surface area (TPSA) is 43.4 Å². The highest BCUT2D eigenvalue weighted by Crippen LogP contribution is 2.32. The van der Waals surface area contributed by atoms with Crippen molar-refractivity contribution in [3.8, 4) is 11.6 Å². The van der Waals surface area contributed by atoms with E-state index in [2.05, 4.69) is 28.5 Å². The summed E-state index contributed by atoms with van der Waals surface area (Å²) in [5.74, 6) is 2.20. The minimum atomic E-state index is 0.513. The number of rotatable bonds is 5. The van der Waals surface area contributed by atoms with Gasteiger partial charge in [-0.15, -0.1) is 0 Å². The van der Waals surface area contributed by atoms with E-state index in [9.17, 15) is 0 Å². The second-order valence-corrected chi connectivity index (χ2v) is 5.21. The number of fused-ring (bicyclic) bond motifs is 1. The third kappa shape index (κ3) is 3.34. The van der Waals surface area contributed by atoms with E-state index in [1.165, 1.54) is 11.1 Å². The van der Waals surface area contributed by atoms with E-state index < -0.39 is 0 Å². The lowest BCUT2D eigenvalue weighted by Crippen LogP contribution is -2.25. The molecular weight excluding hydrogens is 264 g/mol. The van der Waals surface area contributed by atoms with Gasteiger partial charge in [-0.3, -0.25) is 0 Å². The number of hydrogen-bond donors (Lipinski definition) is 1. The Labute approximate surface area is 125 Å². The average molecular weight is 284 g/mol. The first-order valence-electron chi connectivity index (χ1n) is 7.28. The predicted octanol–water partition coefficient (Wildman–Crippen LogP) is 2.75. The van der Waals surface area contributed by atoms with E-state index in [1.54, 1.807) is 13.3 Å². The minimum Gasteiger partial charge on any atom is -0.493 e. The van der Waals surface area contributed by atoms with Gasteiger partial charge in [-0.1, -0.05) is 18.2 Å². The number of nitrogens with zero attached hydrogens (tertiary/aromatic N) is 1. The molecular formula is C17H20N2O2. The van der Waals surface area contributed by atoms with Crippen LogP contribution in [0.15, 0.2) is 42.6 Å². The van der Waals surface area contributed by atoms with Crippen LogP contribution in [-0.4, -0.2) is 25.2 Å². The molecule has 21 heavy (non-hydrogen) atoms. The molecule has 1 atom stereocenters. The first kappa shape index (κ1) is 13.9. The van der Waals surface area contributed by atoms with Gasteiger partial charge in [0.15, 0.2) is 0 Å². The Bertz CT molecular complexity index is 601. The van der Waals surface area contributed by atoms with Crippen LogP contribution in [0.1, 0.15) is 23.5 Å². The van der Waals surface area contributed by atoms with Gasteiger partial charge in [0.1, 0.15) is 5.75 Å². The first-order chi connectivity index (χ1) is 10.4. The molecule has 1 aliphatic heterocycles. The summed E-state index contributed by atoms with van der Waals surface area (Å²) in [6, 6.07) is 12.3. The minimum absolute atomic E-state index is 0.513. The van der Waals surface area contributed by atoms with Crippen LogP contribution in [0, 0.1) is 0 Å². The van der Waals surface area contributed by atoms with Crippen LogP contribution in [0.25, 0.3) is 0 Å². The van der Waals surface area contributed by atoms with E-state index in [1.807, 2.05) is 18.2 Å². The third-order valence-corrected chi connectivity index (χ3v) is 3.81. The fourth-order valence-electron chi connectivity index (χ4n) is 2.69. The van der Waals surface area contributed by atoms with Gasteiger partial charge < -0.3 is 14.8 Å². The van der Waals surface area contributed by atoms with Crippen LogP contribution in [0.5, 0.6) is 11.6 Å². The summed E-state index contributed by atoms with van der Waals surface area (Å²) < 4.78 is 10.8. The highest BCUT2D eigenvalue weighted by molar-refractivity contribution is 5.38. The molecule has 1 aromatic heterocycles. The molecule has 0 radical (unpaired) electrons. The highest BCUT2D eigenvalue weighted by atomic mass is 16.5. The molecule has 0 amide bonds. The van der Waals surface area contributed by atoms with Crippen LogP contribution in [-0.2, 0) is 6.54 Å². The van der Waals surface area contributed by atoms with Crippen LogP contribution >= 0.6 is 0 Å². The monoisotopic (exact) mass is 284 g/mol. The van der Waals surface area contributed by atoms with Crippen molar-refractivity contribution in [3.05, 3.63) is 53.7 Å². The van der Waals surface area contributed by atoms with Gasteiger partial charge in [0.25, 0.3) is 0 Å². The smallest absolute Gasteiger partial charge is 0.213 e. The zero-order chi connectivity index (χ0) is 14.5. The zero-order valence-electron chi connectivity index (χ0n) is 12.2. The van der Waals surface area contributed by atoms with E-state index in [0.29, 0.717) is 11.8 Å². The summed E-state index contributed by atoms with van der Waals surface area (Å²) in [6.45, 7) is 2.57. The molecule has 4 heteroatoms. The van der Waals surface area contributed by atoms with Gasteiger partial charge in [0, 0.05) is 31.3 Å². The summed E-state index contributed by atoms with van der Waals surface area (Å²) >= 11 is 0. The fraction of sp³-hybridized carbons (Fsp3) is 0.353. The van der Waals surface area contributed by atoms with Crippen molar-refractivity contribution in [3.63, 3.8) is 0 Å². The standard InChI is InChI=1S/C17H20N2O2/c1-20-17-10-13(6-8-19-17)11-18-12-14-7-9-21-16-5-3-2-4-15(14)16/h2-6,8,10,14,18H,7,9,11-12H2,1H3. The van der Waals surface area contributed by atoms with Crippen LogP contribution in [0.4, 0.5) is 0 Å². The lowest BCUT2D eigenvalue weighted by atomic mass is 9.93. The maximum Gasteiger partial charge on any atom is 0.213 e. The Balaban J connectivity index is 1.59. The number of aromatic nitrogens is 1. The molecule has 2 aromatic rings. The van der Waals surface area contributed by atoms with Gasteiger partial charge in [-0.05, 0) is 29.7 Å². The van der Waals surface area contributed by atoms with E-state index in [-0.39, 0.29) is 0 Å². The van der Waals surface area contributed by atoms with Crippen molar-refractivity contribution in [2.45, 2.75) is 18.9 Å². The van der Waals surface area contributed by atoms with Crippen molar-refractivity contribution in [2.75, 3.05) is 20.3 Å². The SMILES string of the molecule is COc1cc(CNCC2CCOc3ccccc32)ccn1. The molecule has 1 aromatic carbocycles. The number of pyridine rings is 1. The summed E-state index contributed by atoms with van der Waals surface area (Å²) in [5.41, 5.74) is 2.49. The molecule has 0 bridgehead atoms. The van der Waals surface area contributed by atoms with Gasteiger partial charge in [0.05, 0.1) is 13.7 Å². The maximum atomic E-state index is 5.70. The van der Waals surface area contributed by atoms with Crippen LogP contribution in [0.3, 0.4) is 0 Å². The first-order valence-corrected chi connectivity index (χ1v) is 7.28. The molecule has 0 fully saturated rings. The Morgan fingerprint density at radius 1 is 1.33 bits per heavy atom. The number of para-hydroxylation sites is 1. The number of hydrogen-bond acceptors (Lipinski definition) is 4. The summed E-state index contributed by atoms with van der Waals surface area (Å²) in [5, 5.41) is 3.52. The Hall–Kier alpha value is -2.07.